The van der Waals surface area contributed by atoms with Crippen molar-refractivity contribution in [2.45, 2.75) is 79.1 Å². The molecule has 0 radical (unpaired) electrons. The number of para-hydroxylation sites is 2. The molecule has 2 nitrogen and oxygen atoms in total. The minimum Gasteiger partial charge on any atom is -0.323 e. The normalized spacial score (nSPS) is 15.5. The first-order chi connectivity index (χ1) is 14.1. The highest BCUT2D eigenvalue weighted by Crippen LogP contribution is 2.60. The van der Waals surface area contributed by atoms with Crippen LogP contribution in [0, 0.1) is 0 Å². The van der Waals surface area contributed by atoms with E-state index in [1.807, 2.05) is 0 Å². The summed E-state index contributed by atoms with van der Waals surface area (Å²) in [6, 6.07) is 13.7. The third-order valence-electron chi connectivity index (χ3n) is 6.16. The van der Waals surface area contributed by atoms with Crippen molar-refractivity contribution in [3.05, 3.63) is 58.7 Å². The molecular formula is C26H39N2PS. The molecule has 1 aliphatic heterocycles. The lowest BCUT2D eigenvalue weighted by atomic mass is 9.92. The molecule has 4 heteroatoms. The van der Waals surface area contributed by atoms with E-state index in [4.69, 9.17) is 12.2 Å². The van der Waals surface area contributed by atoms with Crippen LogP contribution >= 0.6 is 19.7 Å². The topological polar surface area (TPSA) is 6.48 Å². The van der Waals surface area contributed by atoms with E-state index in [1.54, 1.807) is 0 Å². The summed E-state index contributed by atoms with van der Waals surface area (Å²) in [6.07, 6.45) is 0. The van der Waals surface area contributed by atoms with E-state index in [-0.39, 0.29) is 0 Å². The molecule has 0 aliphatic carbocycles. The molecule has 0 bridgehead atoms. The lowest BCUT2D eigenvalue weighted by molar-refractivity contribution is 0.821. The largest absolute Gasteiger partial charge is 0.323 e. The summed E-state index contributed by atoms with van der Waals surface area (Å²) in [7, 11) is -0.747. The average Bonchev–Trinajstić information content (AvgIpc) is 3.07. The van der Waals surface area contributed by atoms with Crippen LogP contribution in [0.25, 0.3) is 0 Å². The van der Waals surface area contributed by atoms with Gasteiger partial charge in [0, 0.05) is 24.5 Å². The fourth-order valence-corrected chi connectivity index (χ4v) is 7.21. The summed E-state index contributed by atoms with van der Waals surface area (Å²) in [4.78, 5) is 0. The fraction of sp³-hybridized carbons (Fsp3) is 0.538. The predicted molar refractivity (Wildman–Crippen MR) is 140 cm³/mol. The molecule has 0 amide bonds. The molecule has 30 heavy (non-hydrogen) atoms. The van der Waals surface area contributed by atoms with Gasteiger partial charge in [-0.15, -0.1) is 12.2 Å². The van der Waals surface area contributed by atoms with Crippen LogP contribution in [0.15, 0.2) is 36.4 Å². The van der Waals surface area contributed by atoms with Crippen LogP contribution in [-0.2, 0) is 0 Å². The molecule has 0 atom stereocenters. The Balaban J connectivity index is 2.11. The molecule has 0 spiro atoms. The smallest absolute Gasteiger partial charge is 0.157 e. The van der Waals surface area contributed by atoms with Gasteiger partial charge in [-0.3, -0.25) is 0 Å². The molecule has 164 valence electrons. The van der Waals surface area contributed by atoms with Crippen LogP contribution in [0.1, 0.15) is 101 Å². The van der Waals surface area contributed by atoms with Gasteiger partial charge >= 0.3 is 0 Å². The Kier molecular flexibility index (Phi) is 7.46. The zero-order chi connectivity index (χ0) is 22.2. The van der Waals surface area contributed by atoms with Gasteiger partial charge in [0.25, 0.3) is 0 Å². The number of thiol groups is 1. The monoisotopic (exact) mass is 442 g/mol. The van der Waals surface area contributed by atoms with Crippen LogP contribution < -0.4 is 9.34 Å². The van der Waals surface area contributed by atoms with Crippen molar-refractivity contribution in [2.75, 3.05) is 22.4 Å². The van der Waals surface area contributed by atoms with E-state index in [2.05, 4.69) is 101 Å². The van der Waals surface area contributed by atoms with Crippen molar-refractivity contribution in [1.29, 1.82) is 0 Å². The zero-order valence-corrected chi connectivity index (χ0v) is 21.8. The van der Waals surface area contributed by atoms with Gasteiger partial charge in [-0.1, -0.05) is 91.8 Å². The van der Waals surface area contributed by atoms with E-state index in [0.29, 0.717) is 23.7 Å². The minimum absolute atomic E-state index is 0.499. The van der Waals surface area contributed by atoms with Gasteiger partial charge in [0.1, 0.15) is 0 Å². The van der Waals surface area contributed by atoms with E-state index in [1.165, 1.54) is 33.6 Å². The van der Waals surface area contributed by atoms with E-state index in [9.17, 15) is 0 Å². The highest BCUT2D eigenvalue weighted by Gasteiger charge is 2.36. The van der Waals surface area contributed by atoms with Gasteiger partial charge < -0.3 is 9.34 Å². The van der Waals surface area contributed by atoms with Crippen molar-refractivity contribution in [2.24, 2.45) is 0 Å². The number of benzene rings is 2. The quantitative estimate of drug-likeness (QED) is 0.353. The summed E-state index contributed by atoms with van der Waals surface area (Å²) in [5.41, 5.74) is 8.66. The maximum absolute atomic E-state index is 5.28. The summed E-state index contributed by atoms with van der Waals surface area (Å²) in [5.74, 6) is 2.00. The van der Waals surface area contributed by atoms with Crippen molar-refractivity contribution >= 4 is 31.0 Å². The zero-order valence-electron chi connectivity index (χ0n) is 20.0. The fourth-order valence-electron chi connectivity index (χ4n) is 4.52. The minimum atomic E-state index is -0.747. The van der Waals surface area contributed by atoms with Gasteiger partial charge in [0.15, 0.2) is 7.42 Å². The maximum atomic E-state index is 5.28. The lowest BCUT2D eigenvalue weighted by Gasteiger charge is -2.34. The average molecular weight is 443 g/mol. The van der Waals surface area contributed by atoms with Crippen LogP contribution in [-0.4, -0.2) is 13.1 Å². The third kappa shape index (κ3) is 4.39. The van der Waals surface area contributed by atoms with Crippen molar-refractivity contribution in [3.8, 4) is 0 Å². The summed E-state index contributed by atoms with van der Waals surface area (Å²) in [5, 5.41) is 0. The molecule has 0 saturated carbocycles. The highest BCUT2D eigenvalue weighted by atomic mass is 32.7. The first-order valence-corrected chi connectivity index (χ1v) is 13.8. The molecule has 0 N–H and O–H groups in total. The number of hydrogen-bond acceptors (Lipinski definition) is 3. The Bertz CT molecular complexity index is 751. The molecule has 1 fully saturated rings. The van der Waals surface area contributed by atoms with Crippen LogP contribution in [0.3, 0.4) is 0 Å². The lowest BCUT2D eigenvalue weighted by Crippen LogP contribution is -2.17. The molecule has 0 unspecified atom stereocenters. The first-order valence-electron chi connectivity index (χ1n) is 11.4. The van der Waals surface area contributed by atoms with Gasteiger partial charge in [-0.25, -0.2) is 0 Å². The van der Waals surface area contributed by atoms with Crippen molar-refractivity contribution in [1.82, 2.24) is 0 Å². The highest BCUT2D eigenvalue weighted by molar-refractivity contribution is 8.46. The molecule has 2 aromatic carbocycles. The summed E-state index contributed by atoms with van der Waals surface area (Å²) < 4.78 is 5.20. The summed E-state index contributed by atoms with van der Waals surface area (Å²) >= 11 is 5.28. The Morgan fingerprint density at radius 2 is 0.867 bits per heavy atom. The van der Waals surface area contributed by atoms with Crippen LogP contribution in [0.2, 0.25) is 0 Å². The van der Waals surface area contributed by atoms with Crippen molar-refractivity contribution < 1.29 is 0 Å². The molecule has 2 aromatic rings. The second-order valence-corrected chi connectivity index (χ2v) is 12.3. The number of anilines is 2. The SMILES string of the molecule is CC(C)c1cccc(C(C)C)c1N1CCN(c2c(C(C)C)cccc2C(C)C)P1S. The molecule has 1 aliphatic rings. The maximum Gasteiger partial charge on any atom is 0.157 e. The van der Waals surface area contributed by atoms with E-state index < -0.39 is 7.42 Å². The van der Waals surface area contributed by atoms with Gasteiger partial charge in [0.2, 0.25) is 0 Å². The van der Waals surface area contributed by atoms with Gasteiger partial charge in [-0.05, 0) is 45.9 Å². The van der Waals surface area contributed by atoms with E-state index >= 15 is 0 Å². The Morgan fingerprint density at radius 3 is 1.10 bits per heavy atom. The second-order valence-electron chi connectivity index (χ2n) is 9.70. The van der Waals surface area contributed by atoms with Gasteiger partial charge in [-0.2, -0.15) is 0 Å². The standard InChI is InChI=1S/C26H39N2PS/c1-17(2)21-11-9-12-22(18(3)4)25(21)27-15-16-28(29(27)30)26-23(19(5)6)13-10-14-24(26)20(7)8/h9-14,17-20,30H,15-16H2,1-8H3. The van der Waals surface area contributed by atoms with Crippen molar-refractivity contribution in [3.63, 3.8) is 0 Å². The molecule has 1 saturated heterocycles. The molecule has 1 heterocycles. The number of hydrogen-bond donors (Lipinski definition) is 1. The van der Waals surface area contributed by atoms with Crippen LogP contribution in [0.4, 0.5) is 11.4 Å². The van der Waals surface area contributed by atoms with Crippen LogP contribution in [0.5, 0.6) is 0 Å². The molecule has 0 aromatic heterocycles. The Hall–Kier alpha value is -1.18. The predicted octanol–water partition coefficient (Wildman–Crippen LogP) is 8.66. The van der Waals surface area contributed by atoms with E-state index in [0.717, 1.165) is 13.1 Å². The van der Waals surface area contributed by atoms with Gasteiger partial charge in [0.05, 0.1) is 0 Å². The Labute approximate surface area is 191 Å². The number of nitrogens with zero attached hydrogens (tertiary/aromatic N) is 2. The molecule has 3 rings (SSSR count). The molecular weight excluding hydrogens is 403 g/mol. The third-order valence-corrected chi connectivity index (χ3v) is 9.12. The first kappa shape index (κ1) is 23.5. The second kappa shape index (κ2) is 9.53. The Morgan fingerprint density at radius 1 is 0.600 bits per heavy atom. The number of rotatable bonds is 6. The summed E-state index contributed by atoms with van der Waals surface area (Å²) in [6.45, 7) is 20.5.